The molecular weight excluding hydrogens is 356 g/mol. The summed E-state index contributed by atoms with van der Waals surface area (Å²) in [5.41, 5.74) is 6.14. The van der Waals surface area contributed by atoms with Gasteiger partial charge in [-0.25, -0.2) is 4.68 Å². The second-order valence-corrected chi connectivity index (χ2v) is 6.70. The number of carbonyl (C=O) groups is 2. The van der Waals surface area contributed by atoms with Gasteiger partial charge in [-0.3, -0.25) is 9.59 Å². The van der Waals surface area contributed by atoms with Gasteiger partial charge < -0.3 is 15.5 Å². The minimum Gasteiger partial charge on any atom is -0.467 e. The van der Waals surface area contributed by atoms with Crippen LogP contribution in [0.4, 0.5) is 5.69 Å². The fourth-order valence-electron chi connectivity index (χ4n) is 2.10. The number of tetrazole rings is 1. The molecule has 0 aliphatic carbocycles. The van der Waals surface area contributed by atoms with Crippen molar-refractivity contribution in [2.45, 2.75) is 23.9 Å². The van der Waals surface area contributed by atoms with Gasteiger partial charge in [0, 0.05) is 11.3 Å². The Bertz CT molecular complexity index is 891. The Balaban J connectivity index is 1.61. The fourth-order valence-corrected chi connectivity index (χ4v) is 2.89. The molecule has 0 bridgehead atoms. The number of amides is 2. The zero-order chi connectivity index (χ0) is 18.5. The van der Waals surface area contributed by atoms with Gasteiger partial charge in [0.05, 0.1) is 11.5 Å². The van der Waals surface area contributed by atoms with Crippen molar-refractivity contribution in [3.05, 3.63) is 54.0 Å². The van der Waals surface area contributed by atoms with Crippen LogP contribution in [-0.2, 0) is 11.3 Å². The Morgan fingerprint density at radius 1 is 1.31 bits per heavy atom. The molecule has 3 aromatic rings. The summed E-state index contributed by atoms with van der Waals surface area (Å²) in [6.07, 6.45) is 1.58. The first-order valence-corrected chi connectivity index (χ1v) is 8.57. The van der Waals surface area contributed by atoms with E-state index in [1.807, 2.05) is 6.07 Å². The SMILES string of the molecule is CC(Sc1nnnn1Cc1ccco1)C(=O)Nc1ccc(C(N)=O)cc1. The molecule has 0 saturated carbocycles. The number of thioether (sulfide) groups is 1. The second-order valence-electron chi connectivity index (χ2n) is 5.39. The van der Waals surface area contributed by atoms with Crippen molar-refractivity contribution in [2.24, 2.45) is 5.73 Å². The van der Waals surface area contributed by atoms with E-state index in [1.165, 1.54) is 11.8 Å². The lowest BCUT2D eigenvalue weighted by Crippen LogP contribution is -2.23. The molecule has 2 aromatic heterocycles. The predicted molar refractivity (Wildman–Crippen MR) is 94.5 cm³/mol. The summed E-state index contributed by atoms with van der Waals surface area (Å²) in [6.45, 7) is 2.13. The average Bonchev–Trinajstić information content (AvgIpc) is 3.28. The molecule has 134 valence electrons. The zero-order valence-corrected chi connectivity index (χ0v) is 14.6. The normalized spacial score (nSPS) is 11.9. The number of benzene rings is 1. The van der Waals surface area contributed by atoms with E-state index in [0.29, 0.717) is 28.7 Å². The molecule has 0 radical (unpaired) electrons. The van der Waals surface area contributed by atoms with Crippen molar-refractivity contribution >= 4 is 29.3 Å². The van der Waals surface area contributed by atoms with Crippen molar-refractivity contribution in [3.8, 4) is 0 Å². The summed E-state index contributed by atoms with van der Waals surface area (Å²) in [5, 5.41) is 14.4. The molecule has 3 N–H and O–H groups in total. The van der Waals surface area contributed by atoms with E-state index in [4.69, 9.17) is 10.2 Å². The number of primary amides is 1. The van der Waals surface area contributed by atoms with Gasteiger partial charge in [0.1, 0.15) is 12.3 Å². The first-order valence-electron chi connectivity index (χ1n) is 7.69. The maximum absolute atomic E-state index is 12.4. The van der Waals surface area contributed by atoms with Gasteiger partial charge in [-0.05, 0) is 53.7 Å². The van der Waals surface area contributed by atoms with Crippen molar-refractivity contribution in [1.29, 1.82) is 0 Å². The molecule has 0 aliphatic rings. The number of nitrogens with one attached hydrogen (secondary N) is 1. The number of anilines is 1. The molecule has 2 amide bonds. The third kappa shape index (κ3) is 4.28. The van der Waals surface area contributed by atoms with Crippen molar-refractivity contribution < 1.29 is 14.0 Å². The third-order valence-electron chi connectivity index (χ3n) is 3.47. The van der Waals surface area contributed by atoms with Crippen LogP contribution < -0.4 is 11.1 Å². The highest BCUT2D eigenvalue weighted by molar-refractivity contribution is 8.00. The first-order chi connectivity index (χ1) is 12.5. The summed E-state index contributed by atoms with van der Waals surface area (Å²) in [5.74, 6) is -0.0182. The minimum absolute atomic E-state index is 0.214. The van der Waals surface area contributed by atoms with E-state index in [2.05, 4.69) is 20.8 Å². The molecule has 26 heavy (non-hydrogen) atoms. The van der Waals surface area contributed by atoms with E-state index in [-0.39, 0.29) is 5.91 Å². The molecular formula is C16H16N6O3S. The molecule has 0 saturated heterocycles. The number of hydrogen-bond acceptors (Lipinski definition) is 7. The largest absolute Gasteiger partial charge is 0.467 e. The lowest BCUT2D eigenvalue weighted by molar-refractivity contribution is -0.115. The predicted octanol–water partition coefficient (Wildman–Crippen LogP) is 1.53. The summed E-state index contributed by atoms with van der Waals surface area (Å²) in [6, 6.07) is 9.96. The van der Waals surface area contributed by atoms with Crippen LogP contribution in [0.3, 0.4) is 0 Å². The van der Waals surface area contributed by atoms with Crippen LogP contribution in [-0.4, -0.2) is 37.3 Å². The highest BCUT2D eigenvalue weighted by Gasteiger charge is 2.19. The van der Waals surface area contributed by atoms with Crippen LogP contribution in [0.1, 0.15) is 23.0 Å². The monoisotopic (exact) mass is 372 g/mol. The molecule has 0 spiro atoms. The van der Waals surface area contributed by atoms with Crippen LogP contribution in [0.5, 0.6) is 0 Å². The standard InChI is InChI=1S/C16H16N6O3S/c1-10(15(24)18-12-6-4-11(5-7-12)14(17)23)26-16-19-20-21-22(16)9-13-3-2-8-25-13/h2-8,10H,9H2,1H3,(H2,17,23)(H,18,24). The van der Waals surface area contributed by atoms with Gasteiger partial charge in [-0.2, -0.15) is 0 Å². The van der Waals surface area contributed by atoms with Gasteiger partial charge in [-0.15, -0.1) is 5.10 Å². The molecule has 0 aliphatic heterocycles. The summed E-state index contributed by atoms with van der Waals surface area (Å²) in [4.78, 5) is 23.4. The molecule has 1 atom stereocenters. The quantitative estimate of drug-likeness (QED) is 0.602. The van der Waals surface area contributed by atoms with Crippen LogP contribution in [0, 0.1) is 0 Å². The maximum atomic E-state index is 12.4. The number of nitrogens with two attached hydrogens (primary N) is 1. The van der Waals surface area contributed by atoms with E-state index in [1.54, 1.807) is 48.2 Å². The van der Waals surface area contributed by atoms with Gasteiger partial charge in [0.15, 0.2) is 0 Å². The van der Waals surface area contributed by atoms with Crippen LogP contribution in [0.15, 0.2) is 52.2 Å². The van der Waals surface area contributed by atoms with E-state index in [9.17, 15) is 9.59 Å². The molecule has 9 nitrogen and oxygen atoms in total. The summed E-state index contributed by atoms with van der Waals surface area (Å²) < 4.78 is 6.85. The Morgan fingerprint density at radius 3 is 2.73 bits per heavy atom. The van der Waals surface area contributed by atoms with Gasteiger partial charge in [0.25, 0.3) is 0 Å². The van der Waals surface area contributed by atoms with Crippen molar-refractivity contribution in [3.63, 3.8) is 0 Å². The summed E-state index contributed by atoms with van der Waals surface area (Å²) in [7, 11) is 0. The molecule has 1 aromatic carbocycles. The number of aromatic nitrogens is 4. The Hall–Kier alpha value is -3.14. The van der Waals surface area contributed by atoms with Gasteiger partial charge in [-0.1, -0.05) is 11.8 Å². The fraction of sp³-hybridized carbons (Fsp3) is 0.188. The Morgan fingerprint density at radius 2 is 2.08 bits per heavy atom. The topological polar surface area (TPSA) is 129 Å². The molecule has 10 heteroatoms. The smallest absolute Gasteiger partial charge is 0.248 e. The van der Waals surface area contributed by atoms with Crippen LogP contribution in [0.2, 0.25) is 0 Å². The lowest BCUT2D eigenvalue weighted by Gasteiger charge is -2.11. The molecule has 3 rings (SSSR count). The number of furan rings is 1. The van der Waals surface area contributed by atoms with E-state index < -0.39 is 11.2 Å². The zero-order valence-electron chi connectivity index (χ0n) is 13.8. The Kier molecular flexibility index (Phi) is 5.32. The summed E-state index contributed by atoms with van der Waals surface area (Å²) >= 11 is 1.23. The first kappa shape index (κ1) is 17.7. The average molecular weight is 372 g/mol. The highest BCUT2D eigenvalue weighted by atomic mass is 32.2. The van der Waals surface area contributed by atoms with E-state index >= 15 is 0 Å². The van der Waals surface area contributed by atoms with Crippen LogP contribution >= 0.6 is 11.8 Å². The van der Waals surface area contributed by atoms with Crippen molar-refractivity contribution in [1.82, 2.24) is 20.2 Å². The maximum Gasteiger partial charge on any atom is 0.248 e. The Labute approximate surface area is 152 Å². The number of rotatable bonds is 7. The van der Waals surface area contributed by atoms with E-state index in [0.717, 1.165) is 0 Å². The minimum atomic E-state index is -0.518. The number of hydrogen-bond donors (Lipinski definition) is 2. The van der Waals surface area contributed by atoms with Gasteiger partial charge in [0.2, 0.25) is 17.0 Å². The number of carbonyl (C=O) groups excluding carboxylic acids is 2. The highest BCUT2D eigenvalue weighted by Crippen LogP contribution is 2.22. The molecule has 1 unspecified atom stereocenters. The number of nitrogens with zero attached hydrogens (tertiary/aromatic N) is 4. The lowest BCUT2D eigenvalue weighted by atomic mass is 10.2. The van der Waals surface area contributed by atoms with Crippen molar-refractivity contribution in [2.75, 3.05) is 5.32 Å². The van der Waals surface area contributed by atoms with Crippen LogP contribution in [0.25, 0.3) is 0 Å². The second kappa shape index (κ2) is 7.83. The third-order valence-corrected chi connectivity index (χ3v) is 4.54. The molecule has 2 heterocycles. The van der Waals surface area contributed by atoms with Gasteiger partial charge >= 0.3 is 0 Å². The molecule has 0 fully saturated rings.